The van der Waals surface area contributed by atoms with Crippen molar-refractivity contribution < 1.29 is 13.2 Å². The van der Waals surface area contributed by atoms with Crippen molar-refractivity contribution in [3.8, 4) is 5.69 Å². The summed E-state index contributed by atoms with van der Waals surface area (Å²) in [6, 6.07) is 4.85. The average molecular weight is 313 g/mol. The van der Waals surface area contributed by atoms with E-state index >= 15 is 0 Å². The molecule has 0 aliphatic heterocycles. The first-order valence-corrected chi connectivity index (χ1v) is 6.47. The Kier molecular flexibility index (Phi) is 3.87. The van der Waals surface area contributed by atoms with E-state index in [0.29, 0.717) is 20.9 Å². The minimum atomic E-state index is -4.78. The van der Waals surface area contributed by atoms with Gasteiger partial charge in [-0.25, -0.2) is 9.36 Å². The van der Waals surface area contributed by atoms with Crippen LogP contribution in [0.5, 0.6) is 0 Å². The number of nitrogens with two attached hydrogens (primary N) is 1. The summed E-state index contributed by atoms with van der Waals surface area (Å²) < 4.78 is 39.9. The molecule has 0 bridgehead atoms. The second-order valence-corrected chi connectivity index (χ2v) is 4.77. The van der Waals surface area contributed by atoms with Gasteiger partial charge in [0.1, 0.15) is 5.69 Å². The maximum atomic E-state index is 12.9. The Labute approximate surface area is 123 Å². The topological polar surface area (TPSA) is 70.0 Å². The van der Waals surface area contributed by atoms with Gasteiger partial charge in [0, 0.05) is 18.3 Å². The van der Waals surface area contributed by atoms with Crippen LogP contribution in [0.3, 0.4) is 0 Å². The zero-order chi connectivity index (χ0) is 16.7. The third-order valence-corrected chi connectivity index (χ3v) is 3.32. The number of nitrogens with zero attached hydrogens (tertiary/aromatic N) is 2. The first-order chi connectivity index (χ1) is 10.2. The Morgan fingerprint density at radius 2 is 1.82 bits per heavy atom. The highest BCUT2D eigenvalue weighted by molar-refractivity contribution is 5.53. The molecule has 2 aromatic rings. The van der Waals surface area contributed by atoms with Crippen LogP contribution in [0.4, 0.5) is 18.9 Å². The molecule has 2 N–H and O–H groups in total. The van der Waals surface area contributed by atoms with Crippen LogP contribution < -0.4 is 17.0 Å². The number of aromatic nitrogens is 2. The van der Waals surface area contributed by atoms with Crippen LogP contribution in [0, 0.1) is 6.92 Å². The van der Waals surface area contributed by atoms with E-state index in [1.807, 2.05) is 0 Å². The summed E-state index contributed by atoms with van der Waals surface area (Å²) in [5, 5.41) is 0. The molecule has 1 heterocycles. The van der Waals surface area contributed by atoms with E-state index < -0.39 is 23.1 Å². The number of alkyl halides is 3. The zero-order valence-electron chi connectivity index (χ0n) is 11.9. The first-order valence-electron chi connectivity index (χ1n) is 6.47. The second kappa shape index (κ2) is 5.36. The van der Waals surface area contributed by atoms with Gasteiger partial charge in [-0.15, -0.1) is 0 Å². The van der Waals surface area contributed by atoms with Gasteiger partial charge in [0.25, 0.3) is 5.56 Å². The molecule has 0 fully saturated rings. The Morgan fingerprint density at radius 3 is 2.32 bits per heavy atom. The SMILES string of the molecule is CCn1c(C(F)(F)F)cc(=O)n(-c2ccc(C)c(N)c2)c1=O. The lowest BCUT2D eigenvalue weighted by Gasteiger charge is -2.16. The fourth-order valence-electron chi connectivity index (χ4n) is 2.12. The quantitative estimate of drug-likeness (QED) is 0.861. The molecule has 1 aromatic heterocycles. The molecular weight excluding hydrogens is 299 g/mol. The van der Waals surface area contributed by atoms with Gasteiger partial charge >= 0.3 is 11.9 Å². The molecule has 5 nitrogen and oxygen atoms in total. The highest BCUT2D eigenvalue weighted by Gasteiger charge is 2.35. The van der Waals surface area contributed by atoms with Crippen LogP contribution >= 0.6 is 0 Å². The molecule has 0 spiro atoms. The maximum Gasteiger partial charge on any atom is 0.431 e. The van der Waals surface area contributed by atoms with E-state index in [0.717, 1.165) is 5.56 Å². The average Bonchev–Trinajstić information content (AvgIpc) is 2.41. The van der Waals surface area contributed by atoms with Gasteiger partial charge in [-0.05, 0) is 31.5 Å². The molecule has 2 rings (SSSR count). The molecule has 0 saturated heterocycles. The number of hydrogen-bond donors (Lipinski definition) is 1. The van der Waals surface area contributed by atoms with E-state index in [4.69, 9.17) is 5.73 Å². The normalized spacial score (nSPS) is 11.7. The molecule has 0 unspecified atom stereocenters. The molecule has 0 aliphatic rings. The largest absolute Gasteiger partial charge is 0.431 e. The third kappa shape index (κ3) is 2.63. The van der Waals surface area contributed by atoms with Crippen molar-refractivity contribution in [1.82, 2.24) is 9.13 Å². The van der Waals surface area contributed by atoms with Gasteiger partial charge in [-0.3, -0.25) is 9.36 Å². The Balaban J connectivity index is 2.82. The molecule has 8 heteroatoms. The van der Waals surface area contributed by atoms with Crippen molar-refractivity contribution in [2.75, 3.05) is 5.73 Å². The van der Waals surface area contributed by atoms with Crippen molar-refractivity contribution in [3.63, 3.8) is 0 Å². The lowest BCUT2D eigenvalue weighted by atomic mass is 10.2. The van der Waals surface area contributed by atoms with Crippen LogP contribution in [-0.2, 0) is 12.7 Å². The first kappa shape index (κ1) is 15.9. The molecule has 1 aromatic carbocycles. The van der Waals surface area contributed by atoms with E-state index in [2.05, 4.69) is 0 Å². The summed E-state index contributed by atoms with van der Waals surface area (Å²) in [6.07, 6.45) is -4.78. The molecule has 0 amide bonds. The number of aryl methyl sites for hydroxylation is 1. The number of nitrogen functional groups attached to an aromatic ring is 1. The number of halogens is 3. The molecule has 118 valence electrons. The third-order valence-electron chi connectivity index (χ3n) is 3.32. The van der Waals surface area contributed by atoms with Gasteiger partial charge < -0.3 is 5.73 Å². The highest BCUT2D eigenvalue weighted by Crippen LogP contribution is 2.27. The second-order valence-electron chi connectivity index (χ2n) is 4.77. The summed E-state index contributed by atoms with van der Waals surface area (Å²) in [5.41, 5.74) is 3.57. The Bertz CT molecular complexity index is 835. The molecule has 0 radical (unpaired) electrons. The van der Waals surface area contributed by atoms with E-state index in [1.54, 1.807) is 13.0 Å². The van der Waals surface area contributed by atoms with Crippen molar-refractivity contribution >= 4 is 5.69 Å². The summed E-state index contributed by atoms with van der Waals surface area (Å²) in [6.45, 7) is 2.92. The lowest BCUT2D eigenvalue weighted by molar-refractivity contribution is -0.144. The van der Waals surface area contributed by atoms with Gasteiger partial charge in [0.05, 0.1) is 5.69 Å². The maximum absolute atomic E-state index is 12.9. The van der Waals surface area contributed by atoms with Crippen molar-refractivity contribution in [3.05, 3.63) is 56.4 Å². The smallest absolute Gasteiger partial charge is 0.398 e. The van der Waals surface area contributed by atoms with E-state index in [1.165, 1.54) is 19.1 Å². The Hall–Kier alpha value is -2.51. The predicted molar refractivity (Wildman–Crippen MR) is 76.1 cm³/mol. The summed E-state index contributed by atoms with van der Waals surface area (Å²) >= 11 is 0. The fourth-order valence-corrected chi connectivity index (χ4v) is 2.12. The van der Waals surface area contributed by atoms with Crippen LogP contribution in [0.1, 0.15) is 18.2 Å². The van der Waals surface area contributed by atoms with Crippen molar-refractivity contribution in [2.45, 2.75) is 26.6 Å². The summed E-state index contributed by atoms with van der Waals surface area (Å²) in [5.74, 6) is 0. The van der Waals surface area contributed by atoms with Gasteiger partial charge in [0.2, 0.25) is 0 Å². The van der Waals surface area contributed by atoms with Gasteiger partial charge in [-0.2, -0.15) is 13.2 Å². The summed E-state index contributed by atoms with van der Waals surface area (Å²) in [7, 11) is 0. The fraction of sp³-hybridized carbons (Fsp3) is 0.286. The summed E-state index contributed by atoms with van der Waals surface area (Å²) in [4.78, 5) is 24.3. The number of benzene rings is 1. The van der Waals surface area contributed by atoms with Gasteiger partial charge in [-0.1, -0.05) is 6.07 Å². The molecule has 0 atom stereocenters. The van der Waals surface area contributed by atoms with E-state index in [-0.39, 0.29) is 12.2 Å². The minimum Gasteiger partial charge on any atom is -0.398 e. The van der Waals surface area contributed by atoms with Crippen LogP contribution in [0.2, 0.25) is 0 Å². The molecule has 22 heavy (non-hydrogen) atoms. The molecular formula is C14H14F3N3O2. The number of rotatable bonds is 2. The van der Waals surface area contributed by atoms with E-state index in [9.17, 15) is 22.8 Å². The van der Waals surface area contributed by atoms with Crippen molar-refractivity contribution in [2.24, 2.45) is 0 Å². The number of anilines is 1. The lowest BCUT2D eigenvalue weighted by Crippen LogP contribution is -2.41. The van der Waals surface area contributed by atoms with Crippen LogP contribution in [0.25, 0.3) is 5.69 Å². The number of hydrogen-bond acceptors (Lipinski definition) is 3. The molecule has 0 saturated carbocycles. The van der Waals surface area contributed by atoms with Crippen LogP contribution in [0.15, 0.2) is 33.9 Å². The van der Waals surface area contributed by atoms with Crippen LogP contribution in [-0.4, -0.2) is 9.13 Å². The van der Waals surface area contributed by atoms with Crippen molar-refractivity contribution in [1.29, 1.82) is 0 Å². The van der Waals surface area contributed by atoms with Gasteiger partial charge in [0.15, 0.2) is 0 Å². The standard InChI is InChI=1S/C14H14F3N3O2/c1-3-19-11(14(15,16)17)7-12(21)20(13(19)22)9-5-4-8(2)10(18)6-9/h4-7H,3,18H2,1-2H3. The highest BCUT2D eigenvalue weighted by atomic mass is 19.4. The molecule has 0 aliphatic carbocycles. The zero-order valence-corrected chi connectivity index (χ0v) is 11.9. The Morgan fingerprint density at radius 1 is 1.18 bits per heavy atom. The monoisotopic (exact) mass is 313 g/mol. The predicted octanol–water partition coefficient (Wildman–Crippen LogP) is 1.93. The minimum absolute atomic E-state index is 0.133.